The molecule has 2 fully saturated rings. The Morgan fingerprint density at radius 2 is 1.68 bits per heavy atom. The molecule has 2 atom stereocenters. The maximum atomic E-state index is 13.4. The Morgan fingerprint density at radius 3 is 2.24 bits per heavy atom. The van der Waals surface area contributed by atoms with E-state index in [1.807, 2.05) is 6.92 Å². The predicted molar refractivity (Wildman–Crippen MR) is 124 cm³/mol. The molecule has 1 aromatic carbocycles. The zero-order valence-corrected chi connectivity index (χ0v) is 20.5. The Hall–Kier alpha value is -2.98. The molecule has 5 nitrogen and oxygen atoms in total. The van der Waals surface area contributed by atoms with Crippen LogP contribution >= 0.6 is 0 Å². The summed E-state index contributed by atoms with van der Waals surface area (Å²) in [5.41, 5.74) is -2.58. The normalized spacial score (nSPS) is 21.3. The SMILES string of the molecule is CCN(c1nc[c]cc1CN1C(=O)O[C@H](c2cc(C(F)(F)F)cc(C(F)(F)F)c2)[C@@H]1C)C1CCCCC1. The first-order chi connectivity index (χ1) is 17.4. The highest BCUT2D eigenvalue weighted by Crippen LogP contribution is 2.41. The number of aromatic nitrogens is 1. The highest BCUT2D eigenvalue weighted by atomic mass is 19.4. The molecule has 11 heteroatoms. The summed E-state index contributed by atoms with van der Waals surface area (Å²) in [5.74, 6) is 0.690. The van der Waals surface area contributed by atoms with E-state index in [4.69, 9.17) is 4.74 Å². The number of anilines is 1. The van der Waals surface area contributed by atoms with Crippen LogP contribution in [0.3, 0.4) is 0 Å². The molecule has 1 aliphatic heterocycles. The number of benzene rings is 1. The van der Waals surface area contributed by atoms with E-state index < -0.39 is 41.7 Å². The lowest BCUT2D eigenvalue weighted by atomic mass is 9.94. The molecule has 0 bridgehead atoms. The topological polar surface area (TPSA) is 45.7 Å². The first-order valence-electron chi connectivity index (χ1n) is 12.3. The van der Waals surface area contributed by atoms with Gasteiger partial charge in [0.05, 0.1) is 23.7 Å². The minimum atomic E-state index is -5.00. The second-order valence-electron chi connectivity index (χ2n) is 9.51. The van der Waals surface area contributed by atoms with Crippen LogP contribution in [0.5, 0.6) is 0 Å². The number of amides is 1. The van der Waals surface area contributed by atoms with Crippen molar-refractivity contribution in [3.63, 3.8) is 0 Å². The van der Waals surface area contributed by atoms with Crippen LogP contribution in [-0.2, 0) is 23.6 Å². The molecule has 4 rings (SSSR count). The van der Waals surface area contributed by atoms with Crippen LogP contribution in [0.1, 0.15) is 74.3 Å². The number of cyclic esters (lactones) is 1. The van der Waals surface area contributed by atoms with E-state index in [0.29, 0.717) is 36.1 Å². The quantitative estimate of drug-likeness (QED) is 0.373. The number of pyridine rings is 1. The van der Waals surface area contributed by atoms with Gasteiger partial charge in [-0.2, -0.15) is 26.3 Å². The van der Waals surface area contributed by atoms with Crippen molar-refractivity contribution in [2.75, 3.05) is 11.4 Å². The van der Waals surface area contributed by atoms with Crippen LogP contribution in [0, 0.1) is 6.07 Å². The van der Waals surface area contributed by atoms with Crippen LogP contribution in [-0.4, -0.2) is 34.6 Å². The van der Waals surface area contributed by atoms with Crippen molar-refractivity contribution in [3.8, 4) is 0 Å². The van der Waals surface area contributed by atoms with Gasteiger partial charge in [-0.1, -0.05) is 19.3 Å². The fourth-order valence-corrected chi connectivity index (χ4v) is 5.22. The Balaban J connectivity index is 1.63. The predicted octanol–water partition coefficient (Wildman–Crippen LogP) is 7.16. The molecule has 0 spiro atoms. The Labute approximate surface area is 211 Å². The molecule has 2 aliphatic rings. The number of nitrogens with zero attached hydrogens (tertiary/aromatic N) is 3. The van der Waals surface area contributed by atoms with Gasteiger partial charge in [0.2, 0.25) is 0 Å². The van der Waals surface area contributed by atoms with Gasteiger partial charge in [-0.3, -0.25) is 4.90 Å². The number of carbonyl (C=O) groups is 1. The van der Waals surface area contributed by atoms with E-state index in [1.54, 1.807) is 19.2 Å². The lowest BCUT2D eigenvalue weighted by Gasteiger charge is -2.36. The minimum Gasteiger partial charge on any atom is -0.439 e. The number of alkyl halides is 6. The maximum absolute atomic E-state index is 13.4. The standard InChI is InChI=1S/C26H28F6N3O2/c1-3-34(21-9-5-4-6-10-21)23-17(8-7-11-33-23)15-35-16(2)22(37-24(35)36)18-12-19(25(27,28)29)14-20(13-18)26(30,31)32/h8,11-14,16,21-22H,3-6,9-10,15H2,1-2H3/t16-,22-/m0/s1. The van der Waals surface area contributed by atoms with Gasteiger partial charge in [-0.25, -0.2) is 9.78 Å². The fraction of sp³-hybridized carbons (Fsp3) is 0.538. The molecule has 201 valence electrons. The van der Waals surface area contributed by atoms with Gasteiger partial charge in [0.15, 0.2) is 0 Å². The minimum absolute atomic E-state index is 0.0322. The summed E-state index contributed by atoms with van der Waals surface area (Å²) in [6.07, 6.45) is -5.12. The van der Waals surface area contributed by atoms with Gasteiger partial charge in [-0.15, -0.1) is 0 Å². The molecular weight excluding hydrogens is 500 g/mol. The fourth-order valence-electron chi connectivity index (χ4n) is 5.22. The number of ether oxygens (including phenoxy) is 1. The largest absolute Gasteiger partial charge is 0.439 e. The molecule has 2 aromatic rings. The summed E-state index contributed by atoms with van der Waals surface area (Å²) in [7, 11) is 0. The third-order valence-corrected chi connectivity index (χ3v) is 7.11. The third kappa shape index (κ3) is 5.80. The molecular formula is C26H28F6N3O2. The Morgan fingerprint density at radius 1 is 1.05 bits per heavy atom. The van der Waals surface area contributed by atoms with E-state index >= 15 is 0 Å². The lowest BCUT2D eigenvalue weighted by Crippen LogP contribution is -2.39. The van der Waals surface area contributed by atoms with E-state index in [1.165, 1.54) is 11.3 Å². The Bertz CT molecular complexity index is 1080. The smallest absolute Gasteiger partial charge is 0.416 e. The molecule has 0 N–H and O–H groups in total. The second kappa shape index (κ2) is 10.4. The van der Waals surface area contributed by atoms with Gasteiger partial charge in [0.25, 0.3) is 0 Å². The van der Waals surface area contributed by atoms with Crippen molar-refractivity contribution in [1.29, 1.82) is 0 Å². The second-order valence-corrected chi connectivity index (χ2v) is 9.51. The van der Waals surface area contributed by atoms with Crippen LogP contribution in [0.15, 0.2) is 30.5 Å². The van der Waals surface area contributed by atoms with Gasteiger partial charge < -0.3 is 9.64 Å². The highest BCUT2D eigenvalue weighted by Gasteiger charge is 2.43. The summed E-state index contributed by atoms with van der Waals surface area (Å²) in [4.78, 5) is 20.8. The highest BCUT2D eigenvalue weighted by molar-refractivity contribution is 5.71. The summed E-state index contributed by atoms with van der Waals surface area (Å²) in [6, 6.07) is 5.37. The summed E-state index contributed by atoms with van der Waals surface area (Å²) >= 11 is 0. The number of halogens is 6. The zero-order chi connectivity index (χ0) is 27.0. The van der Waals surface area contributed by atoms with Crippen LogP contribution in [0.25, 0.3) is 0 Å². The number of hydrogen-bond donors (Lipinski definition) is 0. The van der Waals surface area contributed by atoms with Crippen LogP contribution in [0.4, 0.5) is 37.0 Å². The molecule has 1 amide bonds. The number of rotatable bonds is 6. The monoisotopic (exact) mass is 528 g/mol. The molecule has 1 radical (unpaired) electrons. The van der Waals surface area contributed by atoms with E-state index in [2.05, 4.69) is 16.0 Å². The Kier molecular flexibility index (Phi) is 7.62. The van der Waals surface area contributed by atoms with Crippen molar-refractivity contribution >= 4 is 11.9 Å². The average molecular weight is 529 g/mol. The van der Waals surface area contributed by atoms with E-state index in [9.17, 15) is 31.1 Å². The van der Waals surface area contributed by atoms with Crippen LogP contribution in [0.2, 0.25) is 0 Å². The molecule has 1 saturated heterocycles. The molecule has 1 aliphatic carbocycles. The number of hydrogen-bond acceptors (Lipinski definition) is 4. The summed E-state index contributed by atoms with van der Waals surface area (Å²) in [5, 5.41) is 0. The van der Waals surface area contributed by atoms with Crippen molar-refractivity contribution in [1.82, 2.24) is 9.88 Å². The van der Waals surface area contributed by atoms with E-state index in [0.717, 1.165) is 25.7 Å². The molecule has 1 aromatic heterocycles. The van der Waals surface area contributed by atoms with Crippen molar-refractivity contribution < 1.29 is 35.9 Å². The lowest BCUT2D eigenvalue weighted by molar-refractivity contribution is -0.143. The first-order valence-corrected chi connectivity index (χ1v) is 12.3. The van der Waals surface area contributed by atoms with Crippen molar-refractivity contribution in [2.24, 2.45) is 0 Å². The number of carbonyl (C=O) groups excluding carboxylic acids is 1. The summed E-state index contributed by atoms with van der Waals surface area (Å²) in [6.45, 7) is 4.29. The summed E-state index contributed by atoms with van der Waals surface area (Å²) < 4.78 is 85.5. The average Bonchev–Trinajstić information content (AvgIpc) is 3.13. The van der Waals surface area contributed by atoms with Gasteiger partial charge in [0, 0.05) is 30.4 Å². The van der Waals surface area contributed by atoms with Crippen LogP contribution < -0.4 is 4.90 Å². The van der Waals surface area contributed by atoms with Gasteiger partial charge >= 0.3 is 18.4 Å². The van der Waals surface area contributed by atoms with E-state index in [-0.39, 0.29) is 18.2 Å². The van der Waals surface area contributed by atoms with Gasteiger partial charge in [-0.05, 0) is 56.5 Å². The molecule has 2 heterocycles. The van der Waals surface area contributed by atoms with Crippen molar-refractivity contribution in [3.05, 3.63) is 58.8 Å². The zero-order valence-electron chi connectivity index (χ0n) is 20.5. The molecule has 0 unspecified atom stereocenters. The molecule has 1 saturated carbocycles. The maximum Gasteiger partial charge on any atom is 0.416 e. The van der Waals surface area contributed by atoms with Crippen molar-refractivity contribution in [2.45, 2.75) is 83.0 Å². The molecule has 37 heavy (non-hydrogen) atoms. The third-order valence-electron chi connectivity index (χ3n) is 7.11. The van der Waals surface area contributed by atoms with Gasteiger partial charge in [0.1, 0.15) is 11.9 Å². The first kappa shape index (κ1) is 27.1.